The normalized spacial score (nSPS) is 12.1. The van der Waals surface area contributed by atoms with Crippen LogP contribution in [0.25, 0.3) is 0 Å². The van der Waals surface area contributed by atoms with Crippen LogP contribution >= 0.6 is 0 Å². The van der Waals surface area contributed by atoms with E-state index in [0.717, 1.165) is 11.8 Å². The van der Waals surface area contributed by atoms with Gasteiger partial charge in [-0.1, -0.05) is 42.5 Å². The fraction of sp³-hybridized carbons (Fsp3) is 0.286. The van der Waals surface area contributed by atoms with E-state index >= 15 is 0 Å². The van der Waals surface area contributed by atoms with Crippen LogP contribution in [0, 0.1) is 0 Å². The number of alkyl carbamates (subject to hydrolysis) is 1. The lowest BCUT2D eigenvalue weighted by Gasteiger charge is -2.12. The van der Waals surface area contributed by atoms with Crippen molar-refractivity contribution in [2.24, 2.45) is 0 Å². The van der Waals surface area contributed by atoms with Gasteiger partial charge in [0.05, 0.1) is 6.04 Å². The first-order valence-electron chi connectivity index (χ1n) is 5.80. The maximum atomic E-state index is 11.5. The Morgan fingerprint density at radius 2 is 2.11 bits per heavy atom. The van der Waals surface area contributed by atoms with Gasteiger partial charge in [-0.3, -0.25) is 0 Å². The van der Waals surface area contributed by atoms with Crippen molar-refractivity contribution in [3.8, 4) is 0 Å². The summed E-state index contributed by atoms with van der Waals surface area (Å²) in [5.41, 5.74) is 0.922. The molecule has 0 spiro atoms. The van der Waals surface area contributed by atoms with E-state index < -0.39 is 6.09 Å². The molecule has 4 nitrogen and oxygen atoms in total. The third-order valence-corrected chi connectivity index (χ3v) is 2.29. The van der Waals surface area contributed by atoms with E-state index in [2.05, 4.69) is 5.32 Å². The zero-order chi connectivity index (χ0) is 13.2. The number of hydrogen-bond donors (Lipinski definition) is 1. The summed E-state index contributed by atoms with van der Waals surface area (Å²) in [4.78, 5) is 21.9. The fourth-order valence-corrected chi connectivity index (χ4v) is 1.44. The monoisotopic (exact) mass is 247 g/mol. The minimum absolute atomic E-state index is 0.219. The van der Waals surface area contributed by atoms with E-state index in [1.165, 1.54) is 0 Å². The molecule has 0 aliphatic heterocycles. The molecule has 0 aromatic heterocycles. The predicted molar refractivity (Wildman–Crippen MR) is 69.0 cm³/mol. The van der Waals surface area contributed by atoms with Crippen LogP contribution < -0.4 is 5.32 Å². The van der Waals surface area contributed by atoms with Crippen LogP contribution in [0.4, 0.5) is 4.79 Å². The summed E-state index contributed by atoms with van der Waals surface area (Å²) in [6.45, 7) is 2.05. The van der Waals surface area contributed by atoms with Crippen molar-refractivity contribution in [3.05, 3.63) is 48.0 Å². The van der Waals surface area contributed by atoms with Gasteiger partial charge >= 0.3 is 6.09 Å². The Morgan fingerprint density at radius 3 is 2.72 bits per heavy atom. The second-order valence-corrected chi connectivity index (χ2v) is 3.74. The van der Waals surface area contributed by atoms with Crippen molar-refractivity contribution in [3.63, 3.8) is 0 Å². The number of hydrogen-bond acceptors (Lipinski definition) is 3. The van der Waals surface area contributed by atoms with Gasteiger partial charge < -0.3 is 14.8 Å². The van der Waals surface area contributed by atoms with Crippen molar-refractivity contribution in [1.82, 2.24) is 5.32 Å². The lowest BCUT2D eigenvalue weighted by molar-refractivity contribution is -0.108. The third kappa shape index (κ3) is 5.30. The summed E-state index contributed by atoms with van der Waals surface area (Å²) in [7, 11) is 0. The highest BCUT2D eigenvalue weighted by atomic mass is 16.5. The van der Waals surface area contributed by atoms with Gasteiger partial charge in [-0.05, 0) is 12.5 Å². The van der Waals surface area contributed by atoms with Crippen LogP contribution in [-0.4, -0.2) is 18.4 Å². The van der Waals surface area contributed by atoms with Crippen molar-refractivity contribution in [2.45, 2.75) is 26.0 Å². The number of nitrogens with one attached hydrogen (secondary N) is 1. The highest BCUT2D eigenvalue weighted by molar-refractivity contribution is 5.68. The predicted octanol–water partition coefficient (Wildman–Crippen LogP) is 2.45. The van der Waals surface area contributed by atoms with E-state index in [-0.39, 0.29) is 19.1 Å². The van der Waals surface area contributed by atoms with E-state index in [0.29, 0.717) is 0 Å². The number of ether oxygens (including phenoxy) is 1. The SMILES string of the molecule is C/C=C/[C@@H](CC=O)NC(=O)OCc1ccccc1. The molecule has 0 fully saturated rings. The number of carbonyl (C=O) groups is 2. The van der Waals surface area contributed by atoms with Crippen LogP contribution in [0.3, 0.4) is 0 Å². The molecule has 1 atom stereocenters. The Morgan fingerprint density at radius 1 is 1.39 bits per heavy atom. The van der Waals surface area contributed by atoms with Crippen molar-refractivity contribution in [1.29, 1.82) is 0 Å². The first-order chi connectivity index (χ1) is 8.76. The summed E-state index contributed by atoms with van der Waals surface area (Å²) in [6, 6.07) is 9.10. The van der Waals surface area contributed by atoms with E-state index in [4.69, 9.17) is 4.74 Å². The topological polar surface area (TPSA) is 55.4 Å². The molecule has 1 rings (SSSR count). The highest BCUT2D eigenvalue weighted by Crippen LogP contribution is 2.01. The molecule has 0 saturated heterocycles. The second-order valence-electron chi connectivity index (χ2n) is 3.74. The zero-order valence-corrected chi connectivity index (χ0v) is 10.3. The van der Waals surface area contributed by atoms with Gasteiger partial charge in [0.2, 0.25) is 0 Å². The molecule has 1 aromatic rings. The Kier molecular flexibility index (Phi) is 6.25. The van der Waals surface area contributed by atoms with E-state index in [9.17, 15) is 9.59 Å². The minimum atomic E-state index is -0.524. The molecule has 1 aromatic carbocycles. The molecule has 0 aliphatic rings. The molecule has 0 bridgehead atoms. The first-order valence-corrected chi connectivity index (χ1v) is 5.80. The molecule has 0 saturated carbocycles. The molecule has 0 aliphatic carbocycles. The Labute approximate surface area is 107 Å². The van der Waals surface area contributed by atoms with Crippen molar-refractivity contribution in [2.75, 3.05) is 0 Å². The Balaban J connectivity index is 2.38. The maximum Gasteiger partial charge on any atom is 0.407 e. The number of rotatable bonds is 6. The lowest BCUT2D eigenvalue weighted by atomic mass is 10.2. The lowest BCUT2D eigenvalue weighted by Crippen LogP contribution is -2.34. The maximum absolute atomic E-state index is 11.5. The molecule has 96 valence electrons. The van der Waals surface area contributed by atoms with Crippen molar-refractivity contribution < 1.29 is 14.3 Å². The van der Waals surface area contributed by atoms with Crippen LogP contribution in [0.15, 0.2) is 42.5 Å². The average Bonchev–Trinajstić information content (AvgIpc) is 2.38. The van der Waals surface area contributed by atoms with Gasteiger partial charge in [0.1, 0.15) is 12.9 Å². The summed E-state index contributed by atoms with van der Waals surface area (Å²) in [6.07, 6.45) is 4.01. The van der Waals surface area contributed by atoms with Crippen LogP contribution in [0.1, 0.15) is 18.9 Å². The molecule has 0 radical (unpaired) electrons. The van der Waals surface area contributed by atoms with Gasteiger partial charge in [0.15, 0.2) is 0 Å². The molecular formula is C14H17NO3. The third-order valence-electron chi connectivity index (χ3n) is 2.29. The fourth-order valence-electron chi connectivity index (χ4n) is 1.44. The summed E-state index contributed by atoms with van der Waals surface area (Å²) < 4.78 is 5.05. The van der Waals surface area contributed by atoms with Gasteiger partial charge in [-0.25, -0.2) is 4.79 Å². The minimum Gasteiger partial charge on any atom is -0.445 e. The van der Waals surface area contributed by atoms with Crippen LogP contribution in [0.2, 0.25) is 0 Å². The summed E-state index contributed by atoms with van der Waals surface area (Å²) >= 11 is 0. The van der Waals surface area contributed by atoms with Crippen LogP contribution in [-0.2, 0) is 16.1 Å². The smallest absolute Gasteiger partial charge is 0.407 e. The number of benzene rings is 1. The average molecular weight is 247 g/mol. The van der Waals surface area contributed by atoms with Crippen LogP contribution in [0.5, 0.6) is 0 Å². The Hall–Kier alpha value is -2.10. The molecule has 4 heteroatoms. The quantitative estimate of drug-likeness (QED) is 0.620. The summed E-state index contributed by atoms with van der Waals surface area (Å²) in [5.74, 6) is 0. The Bertz CT molecular complexity index is 401. The number of aldehydes is 1. The van der Waals surface area contributed by atoms with Crippen molar-refractivity contribution >= 4 is 12.4 Å². The highest BCUT2D eigenvalue weighted by Gasteiger charge is 2.09. The van der Waals surface area contributed by atoms with E-state index in [1.807, 2.05) is 37.3 Å². The number of carbonyl (C=O) groups excluding carboxylic acids is 2. The standard InChI is InChI=1S/C14H17NO3/c1-2-6-13(9-10-16)15-14(17)18-11-12-7-4-3-5-8-12/h2-8,10,13H,9,11H2,1H3,(H,15,17)/b6-2+/t13-/m0/s1. The second kappa shape index (κ2) is 8.06. The first kappa shape index (κ1) is 14.0. The number of amides is 1. The molecule has 1 N–H and O–H groups in total. The van der Waals surface area contributed by atoms with Gasteiger partial charge in [-0.2, -0.15) is 0 Å². The summed E-state index contributed by atoms with van der Waals surface area (Å²) in [5, 5.41) is 2.61. The molecule has 0 heterocycles. The molecule has 1 amide bonds. The molecular weight excluding hydrogens is 230 g/mol. The van der Waals surface area contributed by atoms with Gasteiger partial charge in [0, 0.05) is 6.42 Å². The molecule has 0 unspecified atom stereocenters. The zero-order valence-electron chi connectivity index (χ0n) is 10.3. The van der Waals surface area contributed by atoms with Gasteiger partial charge in [0.25, 0.3) is 0 Å². The van der Waals surface area contributed by atoms with E-state index in [1.54, 1.807) is 12.2 Å². The largest absolute Gasteiger partial charge is 0.445 e. The van der Waals surface area contributed by atoms with Gasteiger partial charge in [-0.15, -0.1) is 0 Å². The number of allylic oxidation sites excluding steroid dienone is 1. The molecule has 18 heavy (non-hydrogen) atoms.